The van der Waals surface area contributed by atoms with Gasteiger partial charge in [0.2, 0.25) is 0 Å². The first-order valence-corrected chi connectivity index (χ1v) is 4.43. The summed E-state index contributed by atoms with van der Waals surface area (Å²) in [5.41, 5.74) is 0.331. The van der Waals surface area contributed by atoms with E-state index >= 15 is 0 Å². The van der Waals surface area contributed by atoms with Crippen molar-refractivity contribution in [3.05, 3.63) is 60.4 Å². The van der Waals surface area contributed by atoms with E-state index < -0.39 is 0 Å². The molecule has 3 heteroatoms. The van der Waals surface area contributed by atoms with Gasteiger partial charge < -0.3 is 5.11 Å². The fraction of sp³-hybridized carbons (Fsp3) is 0. The fourth-order valence-electron chi connectivity index (χ4n) is 0.900. The van der Waals surface area contributed by atoms with E-state index in [1.165, 1.54) is 6.07 Å². The molecule has 0 aliphatic heterocycles. The summed E-state index contributed by atoms with van der Waals surface area (Å²) in [4.78, 5) is 13.9. The third-order valence-electron chi connectivity index (χ3n) is 1.63. The third kappa shape index (κ3) is 4.04. The van der Waals surface area contributed by atoms with Crippen LogP contribution in [0.1, 0.15) is 10.4 Å². The van der Waals surface area contributed by atoms with Gasteiger partial charge in [-0.05, 0) is 24.3 Å². The molecule has 2 aromatic rings. The Bertz CT molecular complexity index is 375. The molecule has 0 saturated heterocycles. The summed E-state index contributed by atoms with van der Waals surface area (Å²) in [5.74, 6) is 0.0347. The largest absolute Gasteiger partial charge is 0.507 e. The summed E-state index contributed by atoms with van der Waals surface area (Å²) in [6.45, 7) is 0. The number of aldehydes is 1. The Hall–Kier alpha value is -2.16. The van der Waals surface area contributed by atoms with Gasteiger partial charge in [0.05, 0.1) is 5.56 Å². The van der Waals surface area contributed by atoms with Crippen molar-refractivity contribution in [1.29, 1.82) is 0 Å². The van der Waals surface area contributed by atoms with Crippen molar-refractivity contribution in [2.24, 2.45) is 0 Å². The molecule has 0 spiro atoms. The summed E-state index contributed by atoms with van der Waals surface area (Å²) < 4.78 is 0. The molecule has 1 N–H and O–H groups in total. The Kier molecular flexibility index (Phi) is 4.60. The number of aromatic nitrogens is 1. The van der Waals surface area contributed by atoms with Crippen LogP contribution in [0.2, 0.25) is 0 Å². The maximum atomic E-state index is 10.1. The lowest BCUT2D eigenvalue weighted by molar-refractivity contribution is 0.112. The first-order chi connectivity index (χ1) is 7.34. The molecular weight excluding hydrogens is 190 g/mol. The zero-order chi connectivity index (χ0) is 10.9. The molecule has 0 unspecified atom stereocenters. The highest BCUT2D eigenvalue weighted by molar-refractivity contribution is 5.78. The lowest BCUT2D eigenvalue weighted by Crippen LogP contribution is -1.77. The molecule has 76 valence electrons. The number of benzene rings is 1. The van der Waals surface area contributed by atoms with E-state index in [1.807, 2.05) is 18.2 Å². The van der Waals surface area contributed by atoms with Gasteiger partial charge in [-0.1, -0.05) is 18.2 Å². The Labute approximate surface area is 88.0 Å². The molecule has 0 fully saturated rings. The number of carbonyl (C=O) groups is 1. The molecule has 1 heterocycles. The normalized spacial score (nSPS) is 8.53. The maximum Gasteiger partial charge on any atom is 0.153 e. The highest BCUT2D eigenvalue weighted by atomic mass is 16.3. The molecule has 0 aliphatic carbocycles. The van der Waals surface area contributed by atoms with Crippen molar-refractivity contribution < 1.29 is 9.90 Å². The SMILES string of the molecule is O=Cc1ccccc1O.c1ccncc1. The van der Waals surface area contributed by atoms with Gasteiger partial charge in [0, 0.05) is 12.4 Å². The van der Waals surface area contributed by atoms with Crippen molar-refractivity contribution in [2.45, 2.75) is 0 Å². The van der Waals surface area contributed by atoms with Gasteiger partial charge in [-0.25, -0.2) is 0 Å². The smallest absolute Gasteiger partial charge is 0.153 e. The van der Waals surface area contributed by atoms with Gasteiger partial charge in [-0.2, -0.15) is 0 Å². The van der Waals surface area contributed by atoms with Crippen molar-refractivity contribution in [2.75, 3.05) is 0 Å². The molecular formula is C12H11NO2. The van der Waals surface area contributed by atoms with Crippen LogP contribution >= 0.6 is 0 Å². The van der Waals surface area contributed by atoms with Gasteiger partial charge in [0.15, 0.2) is 6.29 Å². The molecule has 1 aromatic heterocycles. The topological polar surface area (TPSA) is 50.2 Å². The van der Waals surface area contributed by atoms with Gasteiger partial charge in [-0.3, -0.25) is 9.78 Å². The van der Waals surface area contributed by atoms with Crippen molar-refractivity contribution in [3.63, 3.8) is 0 Å². The Morgan fingerprint density at radius 1 is 1.00 bits per heavy atom. The Morgan fingerprint density at radius 3 is 2.00 bits per heavy atom. The fourth-order valence-corrected chi connectivity index (χ4v) is 0.900. The third-order valence-corrected chi connectivity index (χ3v) is 1.63. The number of phenols is 1. The van der Waals surface area contributed by atoms with Crippen LogP contribution < -0.4 is 0 Å². The summed E-state index contributed by atoms with van der Waals surface area (Å²) in [6, 6.07) is 12.1. The minimum absolute atomic E-state index is 0.0347. The maximum absolute atomic E-state index is 10.1. The quantitative estimate of drug-likeness (QED) is 0.720. The van der Waals surface area contributed by atoms with E-state index in [-0.39, 0.29) is 5.75 Å². The number of phenolic OH excluding ortho intramolecular Hbond substituents is 1. The van der Waals surface area contributed by atoms with E-state index in [1.54, 1.807) is 30.6 Å². The number of carbonyl (C=O) groups excluding carboxylic acids is 1. The Balaban J connectivity index is 0.000000162. The van der Waals surface area contributed by atoms with Gasteiger partial charge in [0.25, 0.3) is 0 Å². The number of hydrogen-bond acceptors (Lipinski definition) is 3. The molecule has 2 rings (SSSR count). The number of pyridine rings is 1. The molecule has 0 saturated carbocycles. The summed E-state index contributed by atoms with van der Waals surface area (Å²) >= 11 is 0. The standard InChI is InChI=1S/C7H6O2.C5H5N/c8-5-6-3-1-2-4-7(6)9;1-2-4-6-5-3-1/h1-5,9H;1-5H. The molecule has 0 atom stereocenters. The van der Waals surface area contributed by atoms with E-state index in [9.17, 15) is 4.79 Å². The van der Waals surface area contributed by atoms with Crippen LogP contribution in [-0.4, -0.2) is 16.4 Å². The molecule has 15 heavy (non-hydrogen) atoms. The average molecular weight is 201 g/mol. The summed E-state index contributed by atoms with van der Waals surface area (Å²) in [5, 5.41) is 8.88. The molecule has 0 radical (unpaired) electrons. The lowest BCUT2D eigenvalue weighted by Gasteiger charge is -1.91. The predicted octanol–water partition coefficient (Wildman–Crippen LogP) is 2.29. The van der Waals surface area contributed by atoms with E-state index in [0.29, 0.717) is 11.8 Å². The molecule has 0 bridgehead atoms. The second kappa shape index (κ2) is 6.32. The highest BCUT2D eigenvalue weighted by Gasteiger charge is 1.93. The number of nitrogens with zero attached hydrogens (tertiary/aromatic N) is 1. The van der Waals surface area contributed by atoms with Crippen molar-refractivity contribution >= 4 is 6.29 Å². The summed E-state index contributed by atoms with van der Waals surface area (Å²) in [7, 11) is 0. The monoisotopic (exact) mass is 201 g/mol. The van der Waals surface area contributed by atoms with Crippen molar-refractivity contribution in [3.8, 4) is 5.75 Å². The van der Waals surface area contributed by atoms with Crippen LogP contribution in [-0.2, 0) is 0 Å². The average Bonchev–Trinajstić information content (AvgIpc) is 2.33. The number of hydrogen-bond donors (Lipinski definition) is 1. The van der Waals surface area contributed by atoms with Crippen LogP contribution in [0.25, 0.3) is 0 Å². The van der Waals surface area contributed by atoms with Gasteiger partial charge in [-0.15, -0.1) is 0 Å². The molecule has 1 aromatic carbocycles. The minimum atomic E-state index is 0.0347. The van der Waals surface area contributed by atoms with Crippen LogP contribution in [0.15, 0.2) is 54.9 Å². The van der Waals surface area contributed by atoms with Crippen LogP contribution in [0.5, 0.6) is 5.75 Å². The van der Waals surface area contributed by atoms with Crippen molar-refractivity contribution in [1.82, 2.24) is 4.98 Å². The zero-order valence-corrected chi connectivity index (χ0v) is 8.08. The van der Waals surface area contributed by atoms with E-state index in [0.717, 1.165) is 0 Å². The van der Waals surface area contributed by atoms with Crippen LogP contribution in [0.3, 0.4) is 0 Å². The first kappa shape index (κ1) is 10.9. The van der Waals surface area contributed by atoms with E-state index in [4.69, 9.17) is 5.11 Å². The number of para-hydroxylation sites is 1. The first-order valence-electron chi connectivity index (χ1n) is 4.43. The van der Waals surface area contributed by atoms with E-state index in [2.05, 4.69) is 4.98 Å². The molecule has 0 aliphatic rings. The number of rotatable bonds is 1. The zero-order valence-electron chi connectivity index (χ0n) is 8.08. The Morgan fingerprint density at radius 2 is 1.67 bits per heavy atom. The van der Waals surface area contributed by atoms with Crippen LogP contribution in [0.4, 0.5) is 0 Å². The number of aromatic hydroxyl groups is 1. The van der Waals surface area contributed by atoms with Gasteiger partial charge >= 0.3 is 0 Å². The van der Waals surface area contributed by atoms with Crippen LogP contribution in [0, 0.1) is 0 Å². The summed E-state index contributed by atoms with van der Waals surface area (Å²) in [6.07, 6.45) is 4.12. The molecule has 0 amide bonds. The lowest BCUT2D eigenvalue weighted by atomic mass is 10.2. The van der Waals surface area contributed by atoms with Gasteiger partial charge in [0.1, 0.15) is 5.75 Å². The predicted molar refractivity (Wildman–Crippen MR) is 57.7 cm³/mol. The minimum Gasteiger partial charge on any atom is -0.507 e. The molecule has 3 nitrogen and oxygen atoms in total. The highest BCUT2D eigenvalue weighted by Crippen LogP contribution is 2.11. The second-order valence-corrected chi connectivity index (χ2v) is 2.70. The second-order valence-electron chi connectivity index (χ2n) is 2.70.